The lowest BCUT2D eigenvalue weighted by molar-refractivity contribution is -0.153. The second-order valence-electron chi connectivity index (χ2n) is 7.73. The summed E-state index contributed by atoms with van der Waals surface area (Å²) in [5.41, 5.74) is 2.10. The predicted molar refractivity (Wildman–Crippen MR) is 134 cm³/mol. The Morgan fingerprint density at radius 3 is 2.14 bits per heavy atom. The predicted octanol–water partition coefficient (Wildman–Crippen LogP) is 3.67. The fourth-order valence-corrected chi connectivity index (χ4v) is 3.42. The Kier molecular flexibility index (Phi) is 8.88. The Bertz CT molecular complexity index is 1230. The van der Waals surface area contributed by atoms with Gasteiger partial charge in [0.05, 0.1) is 27.0 Å². The third-order valence-corrected chi connectivity index (χ3v) is 5.24. The van der Waals surface area contributed by atoms with Crippen LogP contribution in [0.15, 0.2) is 66.7 Å². The van der Waals surface area contributed by atoms with Crippen molar-refractivity contribution in [1.29, 1.82) is 0 Å². The Morgan fingerprint density at radius 1 is 0.806 bits per heavy atom. The first-order chi connectivity index (χ1) is 17.4. The molecule has 0 aliphatic rings. The molecular formula is C27H28N2O7. The van der Waals surface area contributed by atoms with Gasteiger partial charge in [0, 0.05) is 11.1 Å². The molecule has 2 N–H and O–H groups in total. The molecule has 0 saturated carbocycles. The van der Waals surface area contributed by atoms with Crippen molar-refractivity contribution in [2.45, 2.75) is 13.0 Å². The Hall–Kier alpha value is -4.53. The number of benzene rings is 3. The van der Waals surface area contributed by atoms with E-state index < -0.39 is 30.4 Å². The highest BCUT2D eigenvalue weighted by Crippen LogP contribution is 2.29. The van der Waals surface area contributed by atoms with Crippen molar-refractivity contribution >= 4 is 23.5 Å². The maximum atomic E-state index is 13.2. The van der Waals surface area contributed by atoms with Crippen LogP contribution in [0.3, 0.4) is 0 Å². The summed E-state index contributed by atoms with van der Waals surface area (Å²) >= 11 is 0. The second kappa shape index (κ2) is 12.3. The van der Waals surface area contributed by atoms with Crippen LogP contribution in [0, 0.1) is 6.92 Å². The van der Waals surface area contributed by atoms with Crippen molar-refractivity contribution in [2.24, 2.45) is 0 Å². The van der Waals surface area contributed by atoms with Gasteiger partial charge in [0.25, 0.3) is 11.8 Å². The molecule has 36 heavy (non-hydrogen) atoms. The molecule has 0 spiro atoms. The fourth-order valence-electron chi connectivity index (χ4n) is 3.42. The van der Waals surface area contributed by atoms with Crippen LogP contribution in [0.1, 0.15) is 27.6 Å². The van der Waals surface area contributed by atoms with Crippen molar-refractivity contribution in [1.82, 2.24) is 5.32 Å². The van der Waals surface area contributed by atoms with Gasteiger partial charge in [-0.05, 0) is 42.8 Å². The average Bonchev–Trinajstić information content (AvgIpc) is 2.90. The highest BCUT2D eigenvalue weighted by atomic mass is 16.5. The molecule has 0 fully saturated rings. The largest absolute Gasteiger partial charge is 0.495 e. The van der Waals surface area contributed by atoms with Crippen LogP contribution in [-0.2, 0) is 14.3 Å². The number of hydrogen-bond donors (Lipinski definition) is 2. The lowest BCUT2D eigenvalue weighted by Crippen LogP contribution is -2.33. The van der Waals surface area contributed by atoms with Gasteiger partial charge in [-0.1, -0.05) is 36.4 Å². The second-order valence-corrected chi connectivity index (χ2v) is 7.73. The number of nitrogens with one attached hydrogen (secondary N) is 2. The van der Waals surface area contributed by atoms with Crippen molar-refractivity contribution < 1.29 is 33.3 Å². The minimum atomic E-state index is -1.25. The number of hydrogen-bond acceptors (Lipinski definition) is 7. The van der Waals surface area contributed by atoms with Gasteiger partial charge in [-0.3, -0.25) is 14.4 Å². The highest BCUT2D eigenvalue weighted by Gasteiger charge is 2.26. The number of amides is 2. The van der Waals surface area contributed by atoms with Crippen LogP contribution in [0.4, 0.5) is 5.69 Å². The van der Waals surface area contributed by atoms with Crippen LogP contribution in [-0.4, -0.2) is 45.7 Å². The van der Waals surface area contributed by atoms with E-state index in [1.165, 1.54) is 33.5 Å². The summed E-state index contributed by atoms with van der Waals surface area (Å²) in [4.78, 5) is 38.3. The van der Waals surface area contributed by atoms with Gasteiger partial charge in [-0.25, -0.2) is 0 Å². The van der Waals surface area contributed by atoms with E-state index in [0.29, 0.717) is 28.5 Å². The zero-order valence-corrected chi connectivity index (χ0v) is 20.5. The van der Waals surface area contributed by atoms with Crippen molar-refractivity contribution in [3.8, 4) is 17.2 Å². The van der Waals surface area contributed by atoms with Crippen molar-refractivity contribution in [3.63, 3.8) is 0 Å². The minimum Gasteiger partial charge on any atom is -0.495 e. The van der Waals surface area contributed by atoms with Gasteiger partial charge in [0.1, 0.15) is 12.3 Å². The smallest absolute Gasteiger partial charge is 0.326 e. The number of rotatable bonds is 10. The summed E-state index contributed by atoms with van der Waals surface area (Å²) in [5.74, 6) is -0.559. The minimum absolute atomic E-state index is 0.268. The SMILES string of the molecule is COc1ccc(C)cc1NC(=O)C(OC(=O)CNC(=O)c1ccc(OC)c(OC)c1)c1ccccc1. The highest BCUT2D eigenvalue weighted by molar-refractivity contribution is 5.98. The summed E-state index contributed by atoms with van der Waals surface area (Å²) in [6.45, 7) is 1.43. The van der Waals surface area contributed by atoms with E-state index in [0.717, 1.165) is 5.56 Å². The summed E-state index contributed by atoms with van der Waals surface area (Å²) in [7, 11) is 4.44. The van der Waals surface area contributed by atoms with Crippen molar-refractivity contribution in [2.75, 3.05) is 33.2 Å². The number of anilines is 1. The van der Waals surface area contributed by atoms with Crippen molar-refractivity contribution in [3.05, 3.63) is 83.4 Å². The molecule has 1 atom stereocenters. The van der Waals surface area contributed by atoms with E-state index in [9.17, 15) is 14.4 Å². The summed E-state index contributed by atoms with van der Waals surface area (Å²) < 4.78 is 21.2. The lowest BCUT2D eigenvalue weighted by atomic mass is 10.1. The van der Waals surface area contributed by atoms with E-state index in [1.807, 2.05) is 13.0 Å². The molecule has 0 radical (unpaired) electrons. The first-order valence-corrected chi connectivity index (χ1v) is 11.1. The topological polar surface area (TPSA) is 112 Å². The molecule has 3 aromatic carbocycles. The zero-order valence-electron chi connectivity index (χ0n) is 20.5. The monoisotopic (exact) mass is 492 g/mol. The van der Waals surface area contributed by atoms with Crippen LogP contribution in [0.5, 0.6) is 17.2 Å². The molecule has 2 amide bonds. The number of esters is 1. The quantitative estimate of drug-likeness (QED) is 0.415. The molecule has 0 aliphatic carbocycles. The third kappa shape index (κ3) is 6.53. The lowest BCUT2D eigenvalue weighted by Gasteiger charge is -2.19. The van der Waals surface area contributed by atoms with E-state index in [-0.39, 0.29) is 5.56 Å². The number of methoxy groups -OCH3 is 3. The summed E-state index contributed by atoms with van der Waals surface area (Å²) in [6, 6.07) is 18.6. The Morgan fingerprint density at radius 2 is 1.47 bits per heavy atom. The maximum absolute atomic E-state index is 13.2. The molecule has 3 rings (SSSR count). The Labute approximate surface area is 209 Å². The standard InChI is InChI=1S/C27H28N2O7/c1-17-10-12-21(33-2)20(14-17)29-27(32)25(18-8-6-5-7-9-18)36-24(30)16-28-26(31)19-11-13-22(34-3)23(15-19)35-4/h5-15,25H,16H2,1-4H3,(H,28,31)(H,29,32). The van der Waals surface area contributed by atoms with E-state index >= 15 is 0 Å². The molecule has 0 saturated heterocycles. The van der Waals surface area contributed by atoms with Gasteiger partial charge < -0.3 is 29.6 Å². The van der Waals surface area contributed by atoms with Gasteiger partial charge in [0.2, 0.25) is 6.10 Å². The molecule has 0 aromatic heterocycles. The third-order valence-electron chi connectivity index (χ3n) is 5.24. The normalized spacial score (nSPS) is 11.1. The van der Waals surface area contributed by atoms with Crippen LogP contribution < -0.4 is 24.8 Å². The molecule has 188 valence electrons. The van der Waals surface area contributed by atoms with E-state index in [2.05, 4.69) is 10.6 Å². The van der Waals surface area contributed by atoms with E-state index in [1.54, 1.807) is 48.5 Å². The number of aryl methyl sites for hydroxylation is 1. The zero-order chi connectivity index (χ0) is 26.1. The number of carbonyl (C=O) groups is 3. The molecule has 3 aromatic rings. The number of ether oxygens (including phenoxy) is 4. The van der Waals surface area contributed by atoms with Crippen LogP contribution in [0.2, 0.25) is 0 Å². The van der Waals surface area contributed by atoms with Gasteiger partial charge in [-0.15, -0.1) is 0 Å². The molecule has 0 heterocycles. The van der Waals surface area contributed by atoms with Crippen LogP contribution >= 0.6 is 0 Å². The maximum Gasteiger partial charge on any atom is 0.326 e. The average molecular weight is 493 g/mol. The molecule has 1 unspecified atom stereocenters. The molecule has 0 aliphatic heterocycles. The van der Waals surface area contributed by atoms with Gasteiger partial charge in [-0.2, -0.15) is 0 Å². The molecule has 9 heteroatoms. The van der Waals surface area contributed by atoms with E-state index in [4.69, 9.17) is 18.9 Å². The van der Waals surface area contributed by atoms with Crippen LogP contribution in [0.25, 0.3) is 0 Å². The first kappa shape index (κ1) is 26.1. The summed E-state index contributed by atoms with van der Waals surface area (Å²) in [6.07, 6.45) is -1.25. The van der Waals surface area contributed by atoms with Gasteiger partial charge in [0.15, 0.2) is 11.5 Å². The molecular weight excluding hydrogens is 464 g/mol. The number of carbonyl (C=O) groups excluding carboxylic acids is 3. The van der Waals surface area contributed by atoms with Gasteiger partial charge >= 0.3 is 5.97 Å². The molecule has 9 nitrogen and oxygen atoms in total. The fraction of sp³-hybridized carbons (Fsp3) is 0.222. The Balaban J connectivity index is 1.71. The first-order valence-electron chi connectivity index (χ1n) is 11.1. The summed E-state index contributed by atoms with van der Waals surface area (Å²) in [5, 5.41) is 5.26. The molecule has 0 bridgehead atoms.